The summed E-state index contributed by atoms with van der Waals surface area (Å²) in [6.45, 7) is 7.88. The van der Waals surface area contributed by atoms with Crippen LogP contribution in [0.15, 0.2) is 41.3 Å². The van der Waals surface area contributed by atoms with Gasteiger partial charge in [-0.3, -0.25) is 4.79 Å². The number of hydrogen-bond donors (Lipinski definition) is 0. The number of aromatic nitrogens is 2. The number of fused-ring (bicyclic) bond motifs is 1. The molecule has 0 aliphatic carbocycles. The molecule has 0 aliphatic heterocycles. The molecule has 8 nitrogen and oxygen atoms in total. The first-order valence-corrected chi connectivity index (χ1v) is 10.1. The van der Waals surface area contributed by atoms with Crippen molar-refractivity contribution in [3.63, 3.8) is 0 Å². The van der Waals surface area contributed by atoms with Crippen molar-refractivity contribution in [2.75, 3.05) is 20.3 Å². The van der Waals surface area contributed by atoms with Crippen molar-refractivity contribution < 1.29 is 28.2 Å². The molecule has 0 amide bonds. The van der Waals surface area contributed by atoms with Crippen LogP contribution in [-0.4, -0.2) is 48.0 Å². The minimum atomic E-state index is -0.504. The number of ether oxygens (including phenoxy) is 4. The largest absolute Gasteiger partial charge is 0.497 e. The Bertz CT molecular complexity index is 1010. The Morgan fingerprint density at radius 1 is 1.16 bits per heavy atom. The van der Waals surface area contributed by atoms with E-state index in [0.29, 0.717) is 17.0 Å². The second-order valence-corrected chi connectivity index (χ2v) is 8.07. The summed E-state index contributed by atoms with van der Waals surface area (Å²) >= 11 is 0. The molecule has 0 unspecified atom stereocenters. The van der Waals surface area contributed by atoms with Gasteiger partial charge < -0.3 is 23.4 Å². The first-order valence-electron chi connectivity index (χ1n) is 10.1. The van der Waals surface area contributed by atoms with Crippen LogP contribution in [-0.2, 0) is 14.3 Å². The Morgan fingerprint density at radius 3 is 2.58 bits per heavy atom. The lowest BCUT2D eigenvalue weighted by molar-refractivity contribution is -0.156. The zero-order chi connectivity index (χ0) is 22.4. The molecule has 0 saturated carbocycles. The van der Waals surface area contributed by atoms with E-state index in [9.17, 15) is 4.79 Å². The van der Waals surface area contributed by atoms with Gasteiger partial charge in [0.15, 0.2) is 0 Å². The predicted molar refractivity (Wildman–Crippen MR) is 115 cm³/mol. The summed E-state index contributed by atoms with van der Waals surface area (Å²) < 4.78 is 27.7. The van der Waals surface area contributed by atoms with Crippen molar-refractivity contribution in [2.45, 2.75) is 45.8 Å². The lowest BCUT2D eigenvalue weighted by Crippen LogP contribution is -2.25. The van der Waals surface area contributed by atoms with Crippen molar-refractivity contribution in [3.05, 3.63) is 36.9 Å². The minimum absolute atomic E-state index is 0.183. The molecule has 31 heavy (non-hydrogen) atoms. The molecule has 0 fully saturated rings. The maximum atomic E-state index is 11.8. The standard InChI is InChI=1S/C23H28N2O6/c1-15(28-11-10-19(26)31-23(2,3)4)12-29-21-20-18(13-30-22(20)25-14-24-21)16-6-8-17(27-5)9-7-16/h6-9,13-15H,10-12H2,1-5H3/t15-/m0/s1. The van der Waals surface area contributed by atoms with Crippen molar-refractivity contribution >= 4 is 17.1 Å². The zero-order valence-corrected chi connectivity index (χ0v) is 18.5. The van der Waals surface area contributed by atoms with E-state index >= 15 is 0 Å². The Balaban J connectivity index is 1.62. The number of esters is 1. The van der Waals surface area contributed by atoms with Gasteiger partial charge in [0.2, 0.25) is 11.6 Å². The Hall–Kier alpha value is -3.13. The molecule has 2 heterocycles. The number of carbonyl (C=O) groups excluding carboxylic acids is 1. The van der Waals surface area contributed by atoms with Crippen LogP contribution in [0.2, 0.25) is 0 Å². The number of hydrogen-bond acceptors (Lipinski definition) is 8. The lowest BCUT2D eigenvalue weighted by Gasteiger charge is -2.20. The molecular weight excluding hydrogens is 400 g/mol. The van der Waals surface area contributed by atoms with E-state index in [1.165, 1.54) is 6.33 Å². The molecule has 0 spiro atoms. The maximum Gasteiger partial charge on any atom is 0.308 e. The van der Waals surface area contributed by atoms with Gasteiger partial charge in [0.05, 0.1) is 26.2 Å². The molecule has 3 rings (SSSR count). The van der Waals surface area contributed by atoms with Crippen molar-refractivity contribution in [1.29, 1.82) is 0 Å². The molecule has 2 aromatic heterocycles. The van der Waals surface area contributed by atoms with Crippen LogP contribution >= 0.6 is 0 Å². The molecule has 0 saturated heterocycles. The monoisotopic (exact) mass is 428 g/mol. The number of furan rings is 1. The second kappa shape index (κ2) is 9.78. The summed E-state index contributed by atoms with van der Waals surface area (Å²) in [5.74, 6) is 0.884. The zero-order valence-electron chi connectivity index (χ0n) is 18.5. The van der Waals surface area contributed by atoms with Crippen LogP contribution < -0.4 is 9.47 Å². The summed E-state index contributed by atoms with van der Waals surface area (Å²) in [4.78, 5) is 20.2. The quantitative estimate of drug-likeness (QED) is 0.463. The Labute approximate surface area is 181 Å². The molecule has 0 radical (unpaired) electrons. The summed E-state index contributed by atoms with van der Waals surface area (Å²) in [7, 11) is 1.62. The van der Waals surface area contributed by atoms with Gasteiger partial charge in [-0.25, -0.2) is 9.97 Å². The van der Waals surface area contributed by atoms with E-state index < -0.39 is 5.60 Å². The minimum Gasteiger partial charge on any atom is -0.497 e. The van der Waals surface area contributed by atoms with E-state index in [0.717, 1.165) is 16.9 Å². The normalized spacial score (nSPS) is 12.5. The van der Waals surface area contributed by atoms with Crippen LogP contribution in [0.25, 0.3) is 22.2 Å². The average molecular weight is 428 g/mol. The van der Waals surface area contributed by atoms with Crippen LogP contribution in [0.4, 0.5) is 0 Å². The number of benzene rings is 1. The molecular formula is C23H28N2O6. The third-order valence-corrected chi connectivity index (χ3v) is 4.32. The van der Waals surface area contributed by atoms with Gasteiger partial charge in [0.1, 0.15) is 35.9 Å². The maximum absolute atomic E-state index is 11.8. The molecule has 166 valence electrons. The molecule has 8 heteroatoms. The van der Waals surface area contributed by atoms with Gasteiger partial charge in [-0.1, -0.05) is 12.1 Å². The van der Waals surface area contributed by atoms with Crippen molar-refractivity contribution in [2.24, 2.45) is 0 Å². The van der Waals surface area contributed by atoms with Crippen molar-refractivity contribution in [3.8, 4) is 22.8 Å². The third kappa shape index (κ3) is 6.18. The van der Waals surface area contributed by atoms with Gasteiger partial charge in [-0.15, -0.1) is 0 Å². The molecule has 0 N–H and O–H groups in total. The van der Waals surface area contributed by atoms with Gasteiger partial charge >= 0.3 is 5.97 Å². The fourth-order valence-electron chi connectivity index (χ4n) is 2.92. The van der Waals surface area contributed by atoms with Gasteiger partial charge in [0, 0.05) is 5.56 Å². The highest BCUT2D eigenvalue weighted by Gasteiger charge is 2.18. The number of rotatable bonds is 9. The number of methoxy groups -OCH3 is 1. The van der Waals surface area contributed by atoms with Crippen molar-refractivity contribution in [1.82, 2.24) is 9.97 Å². The average Bonchev–Trinajstić information content (AvgIpc) is 3.16. The van der Waals surface area contributed by atoms with E-state index in [4.69, 9.17) is 23.4 Å². The fraction of sp³-hybridized carbons (Fsp3) is 0.435. The molecule has 0 aliphatic rings. The van der Waals surface area contributed by atoms with Gasteiger partial charge in [-0.2, -0.15) is 0 Å². The summed E-state index contributed by atoms with van der Waals surface area (Å²) in [6, 6.07) is 7.61. The predicted octanol–water partition coefficient (Wildman–Crippen LogP) is 4.41. The van der Waals surface area contributed by atoms with Gasteiger partial charge in [-0.05, 0) is 45.4 Å². The topological polar surface area (TPSA) is 92.9 Å². The SMILES string of the molecule is COc1ccc(-c2coc3ncnc(OC[C@H](C)OCCC(=O)OC(C)(C)C)c23)cc1. The van der Waals surface area contributed by atoms with E-state index in [1.54, 1.807) is 13.4 Å². The highest BCUT2D eigenvalue weighted by molar-refractivity contribution is 5.95. The lowest BCUT2D eigenvalue weighted by atomic mass is 10.1. The van der Waals surface area contributed by atoms with Crippen LogP contribution in [0.1, 0.15) is 34.1 Å². The number of carbonyl (C=O) groups is 1. The molecule has 0 bridgehead atoms. The van der Waals surface area contributed by atoms with Gasteiger partial charge in [0.25, 0.3) is 0 Å². The third-order valence-electron chi connectivity index (χ3n) is 4.32. The van der Waals surface area contributed by atoms with Crippen LogP contribution in [0, 0.1) is 0 Å². The highest BCUT2D eigenvalue weighted by atomic mass is 16.6. The van der Waals surface area contributed by atoms with E-state index in [-0.39, 0.29) is 31.7 Å². The highest BCUT2D eigenvalue weighted by Crippen LogP contribution is 2.35. The molecule has 3 aromatic rings. The summed E-state index contributed by atoms with van der Waals surface area (Å²) in [6.07, 6.45) is 2.97. The number of nitrogens with zero attached hydrogens (tertiary/aromatic N) is 2. The Morgan fingerprint density at radius 2 is 1.90 bits per heavy atom. The summed E-state index contributed by atoms with van der Waals surface area (Å²) in [5.41, 5.74) is 1.69. The Kier molecular flexibility index (Phi) is 7.12. The molecule has 1 aromatic carbocycles. The second-order valence-electron chi connectivity index (χ2n) is 8.07. The summed E-state index contributed by atoms with van der Waals surface area (Å²) in [5, 5.41) is 0.689. The first-order chi connectivity index (χ1) is 14.8. The smallest absolute Gasteiger partial charge is 0.308 e. The first kappa shape index (κ1) is 22.6. The van der Waals surface area contributed by atoms with Crippen LogP contribution in [0.5, 0.6) is 11.6 Å². The van der Waals surface area contributed by atoms with E-state index in [2.05, 4.69) is 9.97 Å². The van der Waals surface area contributed by atoms with Crippen LogP contribution in [0.3, 0.4) is 0 Å². The fourth-order valence-corrected chi connectivity index (χ4v) is 2.92. The van der Waals surface area contributed by atoms with E-state index in [1.807, 2.05) is 52.0 Å². The molecule has 1 atom stereocenters.